The van der Waals surface area contributed by atoms with E-state index < -0.39 is 10.0 Å². The van der Waals surface area contributed by atoms with Crippen LogP contribution in [0.25, 0.3) is 0 Å². The molecular weight excluding hydrogens is 216 g/mol. The minimum Gasteiger partial charge on any atom is -0.373 e. The van der Waals surface area contributed by atoms with Crippen LogP contribution in [0.3, 0.4) is 0 Å². The first kappa shape index (κ1) is 12.9. The molecule has 0 saturated carbocycles. The van der Waals surface area contributed by atoms with Crippen molar-refractivity contribution in [2.75, 3.05) is 32.0 Å². The van der Waals surface area contributed by atoms with E-state index in [1.54, 1.807) is 0 Å². The van der Waals surface area contributed by atoms with Crippen LogP contribution in [-0.4, -0.2) is 50.9 Å². The first-order chi connectivity index (χ1) is 6.79. The Morgan fingerprint density at radius 1 is 1.47 bits per heavy atom. The molecule has 1 saturated heterocycles. The van der Waals surface area contributed by atoms with Crippen molar-refractivity contribution in [1.29, 1.82) is 0 Å². The zero-order valence-corrected chi connectivity index (χ0v) is 10.2. The zero-order valence-electron chi connectivity index (χ0n) is 9.40. The van der Waals surface area contributed by atoms with Gasteiger partial charge in [0.25, 0.3) is 0 Å². The molecule has 0 radical (unpaired) electrons. The van der Waals surface area contributed by atoms with Crippen LogP contribution in [0.5, 0.6) is 0 Å². The predicted octanol–water partition coefficient (Wildman–Crippen LogP) is -0.224. The second-order valence-corrected chi connectivity index (χ2v) is 6.34. The number of sulfonamides is 1. The molecule has 1 heterocycles. The highest BCUT2D eigenvalue weighted by Crippen LogP contribution is 2.16. The fourth-order valence-electron chi connectivity index (χ4n) is 1.79. The predicted molar refractivity (Wildman–Crippen MR) is 59.1 cm³/mol. The molecule has 1 aliphatic rings. The minimum absolute atomic E-state index is 0.0603. The lowest BCUT2D eigenvalue weighted by molar-refractivity contribution is -0.0857. The van der Waals surface area contributed by atoms with Crippen LogP contribution in [0.1, 0.15) is 20.3 Å². The maximum Gasteiger partial charge on any atom is 0.209 e. The number of nitrogens with two attached hydrogens (primary N) is 1. The van der Waals surface area contributed by atoms with Crippen LogP contribution in [0.4, 0.5) is 0 Å². The van der Waals surface area contributed by atoms with Crippen LogP contribution in [0.15, 0.2) is 0 Å². The summed E-state index contributed by atoms with van der Waals surface area (Å²) in [6, 6.07) is 0. The third-order valence-corrected chi connectivity index (χ3v) is 3.27. The van der Waals surface area contributed by atoms with E-state index in [0.29, 0.717) is 13.0 Å². The van der Waals surface area contributed by atoms with E-state index in [1.807, 2.05) is 13.8 Å². The Morgan fingerprint density at radius 2 is 2.13 bits per heavy atom. The van der Waals surface area contributed by atoms with Gasteiger partial charge in [-0.3, -0.25) is 4.90 Å². The summed E-state index contributed by atoms with van der Waals surface area (Å²) >= 11 is 0. The quantitative estimate of drug-likeness (QED) is 0.732. The topological polar surface area (TPSA) is 72.6 Å². The molecule has 0 aromatic carbocycles. The monoisotopic (exact) mass is 236 g/mol. The van der Waals surface area contributed by atoms with Gasteiger partial charge in [-0.25, -0.2) is 13.6 Å². The SMILES string of the molecule is CC1(C)CN(CCCS(N)(=O)=O)CCO1. The summed E-state index contributed by atoms with van der Waals surface area (Å²) in [5.74, 6) is 0.0603. The lowest BCUT2D eigenvalue weighted by Gasteiger charge is -2.38. The van der Waals surface area contributed by atoms with E-state index in [9.17, 15) is 8.42 Å². The Labute approximate surface area is 91.6 Å². The standard InChI is InChI=1S/C9H20N2O3S/c1-9(2)8-11(5-6-14-9)4-3-7-15(10,12)13/h3-8H2,1-2H3,(H2,10,12,13). The number of ether oxygens (including phenoxy) is 1. The lowest BCUT2D eigenvalue weighted by Crippen LogP contribution is -2.48. The van der Waals surface area contributed by atoms with Crippen LogP contribution >= 0.6 is 0 Å². The van der Waals surface area contributed by atoms with Crippen molar-refractivity contribution in [2.45, 2.75) is 25.9 Å². The van der Waals surface area contributed by atoms with Gasteiger partial charge in [0.2, 0.25) is 10.0 Å². The average molecular weight is 236 g/mol. The van der Waals surface area contributed by atoms with Gasteiger partial charge in [-0.15, -0.1) is 0 Å². The summed E-state index contributed by atoms with van der Waals surface area (Å²) < 4.78 is 27.0. The van der Waals surface area contributed by atoms with Gasteiger partial charge >= 0.3 is 0 Å². The Bertz CT molecular complexity index is 300. The van der Waals surface area contributed by atoms with Gasteiger partial charge in [0.05, 0.1) is 18.0 Å². The highest BCUT2D eigenvalue weighted by atomic mass is 32.2. The Kier molecular flexibility index (Phi) is 4.11. The van der Waals surface area contributed by atoms with E-state index in [1.165, 1.54) is 0 Å². The number of nitrogens with zero attached hydrogens (tertiary/aromatic N) is 1. The molecule has 1 fully saturated rings. The Morgan fingerprint density at radius 3 is 2.67 bits per heavy atom. The number of primary sulfonamides is 1. The van der Waals surface area contributed by atoms with E-state index in [-0.39, 0.29) is 11.4 Å². The summed E-state index contributed by atoms with van der Waals surface area (Å²) in [5.41, 5.74) is -0.125. The smallest absolute Gasteiger partial charge is 0.209 e. The first-order valence-corrected chi connectivity index (χ1v) is 6.87. The Balaban J connectivity index is 2.28. The number of morpholine rings is 1. The van der Waals surface area contributed by atoms with Crippen molar-refractivity contribution in [1.82, 2.24) is 4.90 Å². The van der Waals surface area contributed by atoms with E-state index in [4.69, 9.17) is 9.88 Å². The largest absolute Gasteiger partial charge is 0.373 e. The van der Waals surface area contributed by atoms with Crippen molar-refractivity contribution in [3.05, 3.63) is 0 Å². The molecule has 1 aliphatic heterocycles. The molecule has 0 unspecified atom stereocenters. The fraction of sp³-hybridized carbons (Fsp3) is 1.00. The van der Waals surface area contributed by atoms with Gasteiger partial charge in [0.15, 0.2) is 0 Å². The van der Waals surface area contributed by atoms with Crippen LogP contribution in [-0.2, 0) is 14.8 Å². The van der Waals surface area contributed by atoms with Crippen LogP contribution in [0.2, 0.25) is 0 Å². The normalized spacial score (nSPS) is 22.9. The zero-order chi connectivity index (χ0) is 11.5. The van der Waals surface area contributed by atoms with Crippen molar-refractivity contribution >= 4 is 10.0 Å². The van der Waals surface area contributed by atoms with Crippen molar-refractivity contribution in [3.63, 3.8) is 0 Å². The molecule has 0 bridgehead atoms. The van der Waals surface area contributed by atoms with E-state index in [2.05, 4.69) is 4.90 Å². The second kappa shape index (κ2) is 4.78. The fourth-order valence-corrected chi connectivity index (χ4v) is 2.33. The number of rotatable bonds is 4. The van der Waals surface area contributed by atoms with Gasteiger partial charge in [-0.1, -0.05) is 0 Å². The molecule has 0 aromatic heterocycles. The maximum absolute atomic E-state index is 10.7. The molecular formula is C9H20N2O3S. The molecule has 0 amide bonds. The highest BCUT2D eigenvalue weighted by Gasteiger charge is 2.26. The van der Waals surface area contributed by atoms with Crippen molar-refractivity contribution < 1.29 is 13.2 Å². The summed E-state index contributed by atoms with van der Waals surface area (Å²) in [7, 11) is -3.31. The molecule has 6 heteroatoms. The van der Waals surface area contributed by atoms with Gasteiger partial charge < -0.3 is 4.74 Å². The molecule has 15 heavy (non-hydrogen) atoms. The third kappa shape index (κ3) is 5.46. The van der Waals surface area contributed by atoms with Crippen molar-refractivity contribution in [2.24, 2.45) is 5.14 Å². The molecule has 0 atom stereocenters. The minimum atomic E-state index is -3.31. The maximum atomic E-state index is 10.7. The van der Waals surface area contributed by atoms with E-state index >= 15 is 0 Å². The average Bonchev–Trinajstić information content (AvgIpc) is 1.99. The lowest BCUT2D eigenvalue weighted by atomic mass is 10.1. The third-order valence-electron chi connectivity index (χ3n) is 2.41. The van der Waals surface area contributed by atoms with Gasteiger partial charge in [0, 0.05) is 13.1 Å². The first-order valence-electron chi connectivity index (χ1n) is 5.15. The molecule has 2 N–H and O–H groups in total. The van der Waals surface area contributed by atoms with E-state index in [0.717, 1.165) is 19.6 Å². The Hall–Kier alpha value is -0.170. The molecule has 5 nitrogen and oxygen atoms in total. The molecule has 0 aliphatic carbocycles. The van der Waals surface area contributed by atoms with Gasteiger partial charge in [-0.2, -0.15) is 0 Å². The summed E-state index contributed by atoms with van der Waals surface area (Å²) in [5, 5.41) is 4.93. The van der Waals surface area contributed by atoms with Crippen LogP contribution in [0, 0.1) is 0 Å². The second-order valence-electron chi connectivity index (χ2n) is 4.60. The van der Waals surface area contributed by atoms with Crippen LogP contribution < -0.4 is 5.14 Å². The molecule has 0 aromatic rings. The molecule has 1 rings (SSSR count). The summed E-state index contributed by atoms with van der Waals surface area (Å²) in [4.78, 5) is 2.22. The molecule has 90 valence electrons. The number of hydrogen-bond donors (Lipinski definition) is 1. The molecule has 0 spiro atoms. The van der Waals surface area contributed by atoms with Gasteiger partial charge in [-0.05, 0) is 26.8 Å². The van der Waals surface area contributed by atoms with Gasteiger partial charge in [0.1, 0.15) is 0 Å². The summed E-state index contributed by atoms with van der Waals surface area (Å²) in [6.07, 6.45) is 0.592. The summed E-state index contributed by atoms with van der Waals surface area (Å²) in [6.45, 7) is 7.27. The number of hydrogen-bond acceptors (Lipinski definition) is 4. The van der Waals surface area contributed by atoms with Crippen molar-refractivity contribution in [3.8, 4) is 0 Å². The highest BCUT2D eigenvalue weighted by molar-refractivity contribution is 7.89.